The average Bonchev–Trinajstić information content (AvgIpc) is 2.45. The third kappa shape index (κ3) is 1.69. The van der Waals surface area contributed by atoms with Gasteiger partial charge in [0.25, 0.3) is 11.6 Å². The van der Waals surface area contributed by atoms with Crippen molar-refractivity contribution in [2.75, 3.05) is 12.4 Å². The van der Waals surface area contributed by atoms with Crippen LogP contribution in [0.15, 0.2) is 28.4 Å². The van der Waals surface area contributed by atoms with Gasteiger partial charge in [0.15, 0.2) is 5.78 Å². The lowest BCUT2D eigenvalue weighted by atomic mass is 9.92. The minimum absolute atomic E-state index is 0.0312. The number of ether oxygens (including phenoxy) is 1. The molecule has 2 rings (SSSR count). The standard InChI is InChI=1S/C10H7N7O3/c1-20-6-4-2-3-5-7(6)13-9(19)10(8(5)18,14-16-11)15-17-12/h2-4H,1H3,(H,13,19). The monoisotopic (exact) mass is 273 g/mol. The number of nitrogens with one attached hydrogen (secondary N) is 1. The normalized spacial score (nSPS) is 20.1. The van der Waals surface area contributed by atoms with E-state index in [9.17, 15) is 9.59 Å². The van der Waals surface area contributed by atoms with Gasteiger partial charge in [0.1, 0.15) is 5.75 Å². The smallest absolute Gasteiger partial charge is 0.267 e. The van der Waals surface area contributed by atoms with E-state index in [-0.39, 0.29) is 17.0 Å². The molecule has 0 saturated heterocycles. The Hall–Kier alpha value is -3.22. The van der Waals surface area contributed by atoms with E-state index >= 15 is 0 Å². The zero-order valence-corrected chi connectivity index (χ0v) is 10.1. The van der Waals surface area contributed by atoms with Crippen LogP contribution in [0, 0.1) is 0 Å². The van der Waals surface area contributed by atoms with Gasteiger partial charge in [-0.2, -0.15) is 0 Å². The number of amides is 1. The molecule has 0 aromatic heterocycles. The fraction of sp³-hybridized carbons (Fsp3) is 0.200. The van der Waals surface area contributed by atoms with Gasteiger partial charge in [-0.25, -0.2) is 0 Å². The Morgan fingerprint density at radius 3 is 2.45 bits per heavy atom. The molecule has 100 valence electrons. The molecule has 10 nitrogen and oxygen atoms in total. The van der Waals surface area contributed by atoms with Gasteiger partial charge in [0.05, 0.1) is 12.8 Å². The molecule has 0 atom stereocenters. The first-order valence-electron chi connectivity index (χ1n) is 5.26. The molecule has 1 aliphatic heterocycles. The second kappa shape index (κ2) is 4.81. The Bertz CT molecular complexity index is 683. The maximum absolute atomic E-state index is 12.4. The lowest BCUT2D eigenvalue weighted by molar-refractivity contribution is -0.119. The molecule has 0 radical (unpaired) electrons. The van der Waals surface area contributed by atoms with E-state index in [4.69, 9.17) is 15.8 Å². The van der Waals surface area contributed by atoms with Gasteiger partial charge in [-0.3, -0.25) is 9.59 Å². The lowest BCUT2D eigenvalue weighted by Gasteiger charge is -2.28. The first-order valence-corrected chi connectivity index (χ1v) is 5.26. The Kier molecular flexibility index (Phi) is 3.18. The van der Waals surface area contributed by atoms with E-state index in [1.54, 1.807) is 6.07 Å². The number of methoxy groups -OCH3 is 1. The number of rotatable bonds is 3. The van der Waals surface area contributed by atoms with Crippen LogP contribution < -0.4 is 10.1 Å². The molecular weight excluding hydrogens is 266 g/mol. The summed E-state index contributed by atoms with van der Waals surface area (Å²) in [7, 11) is 1.37. The van der Waals surface area contributed by atoms with Crippen molar-refractivity contribution in [3.8, 4) is 5.75 Å². The van der Waals surface area contributed by atoms with Crippen molar-refractivity contribution in [2.24, 2.45) is 10.2 Å². The van der Waals surface area contributed by atoms with Crippen LogP contribution in [0.1, 0.15) is 10.4 Å². The topological polar surface area (TPSA) is 153 Å². The van der Waals surface area contributed by atoms with E-state index in [1.165, 1.54) is 19.2 Å². The summed E-state index contributed by atoms with van der Waals surface area (Å²) in [6, 6.07) is 4.46. The Morgan fingerprint density at radius 2 is 1.90 bits per heavy atom. The summed E-state index contributed by atoms with van der Waals surface area (Å²) in [4.78, 5) is 29.2. The summed E-state index contributed by atoms with van der Waals surface area (Å²) >= 11 is 0. The van der Waals surface area contributed by atoms with Gasteiger partial charge in [-0.05, 0) is 23.2 Å². The Balaban J connectivity index is 2.74. The van der Waals surface area contributed by atoms with E-state index < -0.39 is 17.4 Å². The number of anilines is 1. The van der Waals surface area contributed by atoms with Crippen LogP contribution in [-0.2, 0) is 4.79 Å². The molecule has 0 bridgehead atoms. The molecular formula is C10H7N7O3. The zero-order valence-electron chi connectivity index (χ0n) is 10.1. The molecule has 10 heteroatoms. The van der Waals surface area contributed by atoms with Gasteiger partial charge in [0.2, 0.25) is 0 Å². The van der Waals surface area contributed by atoms with Crippen LogP contribution in [0.25, 0.3) is 20.9 Å². The van der Waals surface area contributed by atoms with Crippen molar-refractivity contribution in [1.29, 1.82) is 0 Å². The molecule has 0 fully saturated rings. The van der Waals surface area contributed by atoms with Crippen molar-refractivity contribution >= 4 is 17.4 Å². The summed E-state index contributed by atoms with van der Waals surface area (Å²) in [6.07, 6.45) is 0. The number of azide groups is 1. The average molecular weight is 273 g/mol. The van der Waals surface area contributed by atoms with Gasteiger partial charge in [-0.1, -0.05) is 16.3 Å². The first kappa shape index (κ1) is 13.2. The first-order chi connectivity index (χ1) is 9.60. The largest absolute Gasteiger partial charge is 0.495 e. The van der Waals surface area contributed by atoms with Crippen LogP contribution in [0.5, 0.6) is 5.75 Å². The lowest BCUT2D eigenvalue weighted by Crippen LogP contribution is -2.49. The summed E-state index contributed by atoms with van der Waals surface area (Å²) in [5.41, 5.74) is 14.7. The third-order valence-electron chi connectivity index (χ3n) is 2.74. The number of carbonyl (C=O) groups is 2. The molecule has 0 aliphatic carbocycles. The Labute approximate surface area is 111 Å². The van der Waals surface area contributed by atoms with Crippen LogP contribution in [0.3, 0.4) is 0 Å². The predicted octanol–water partition coefficient (Wildman–Crippen LogP) is 2.15. The highest BCUT2D eigenvalue weighted by molar-refractivity contribution is 6.27. The maximum Gasteiger partial charge on any atom is 0.267 e. The van der Waals surface area contributed by atoms with Crippen LogP contribution in [-0.4, -0.2) is 24.5 Å². The molecule has 0 unspecified atom stereocenters. The van der Waals surface area contributed by atoms with E-state index in [0.29, 0.717) is 0 Å². The quantitative estimate of drug-likeness (QED) is 0.388. The number of nitrogens with zero attached hydrogens (tertiary/aromatic N) is 6. The van der Waals surface area contributed by atoms with Crippen LogP contribution in [0.4, 0.5) is 5.69 Å². The maximum atomic E-state index is 12.4. The molecule has 0 saturated carbocycles. The number of fused-ring (bicyclic) bond motifs is 1. The fourth-order valence-electron chi connectivity index (χ4n) is 1.84. The van der Waals surface area contributed by atoms with Crippen LogP contribution in [0.2, 0.25) is 0 Å². The van der Waals surface area contributed by atoms with Crippen molar-refractivity contribution in [3.05, 3.63) is 44.6 Å². The van der Waals surface area contributed by atoms with Crippen LogP contribution >= 0.6 is 0 Å². The number of ketones is 1. The summed E-state index contributed by atoms with van der Waals surface area (Å²) in [6.45, 7) is 0. The molecule has 0 spiro atoms. The molecule has 1 aromatic rings. The molecule has 1 amide bonds. The van der Waals surface area contributed by atoms with Gasteiger partial charge >= 0.3 is 0 Å². The zero-order chi connectivity index (χ0) is 14.8. The number of carbonyl (C=O) groups excluding carboxylic acids is 2. The van der Waals surface area contributed by atoms with Crippen molar-refractivity contribution in [1.82, 2.24) is 0 Å². The predicted molar refractivity (Wildman–Crippen MR) is 67.0 cm³/mol. The highest BCUT2D eigenvalue weighted by Gasteiger charge is 2.50. The molecule has 1 N–H and O–H groups in total. The van der Waals surface area contributed by atoms with Crippen molar-refractivity contribution in [2.45, 2.75) is 5.66 Å². The molecule has 1 heterocycles. The van der Waals surface area contributed by atoms with Gasteiger partial charge < -0.3 is 10.1 Å². The minimum atomic E-state index is -2.50. The van der Waals surface area contributed by atoms with Gasteiger partial charge in [0, 0.05) is 15.4 Å². The molecule has 20 heavy (non-hydrogen) atoms. The number of hydrogen-bond acceptors (Lipinski definition) is 5. The summed E-state index contributed by atoms with van der Waals surface area (Å²) < 4.78 is 5.02. The van der Waals surface area contributed by atoms with E-state index in [2.05, 4.69) is 25.4 Å². The minimum Gasteiger partial charge on any atom is -0.495 e. The van der Waals surface area contributed by atoms with E-state index in [1.807, 2.05) is 0 Å². The number of Topliss-reactive ketones (excluding diaryl/α,β-unsaturated/α-hetero) is 1. The number of benzene rings is 1. The SMILES string of the molecule is COc1cccc2c1NC(=O)C(N=[N+]=[N-])(N=[N+]=[N-])C2=O. The summed E-state index contributed by atoms with van der Waals surface area (Å²) in [5, 5.41) is 8.51. The van der Waals surface area contributed by atoms with Crippen molar-refractivity contribution in [3.63, 3.8) is 0 Å². The number of para-hydroxylation sites is 1. The fourth-order valence-corrected chi connectivity index (χ4v) is 1.84. The molecule has 1 aromatic carbocycles. The second-order valence-electron chi connectivity index (χ2n) is 3.72. The highest BCUT2D eigenvalue weighted by Crippen LogP contribution is 2.37. The van der Waals surface area contributed by atoms with Crippen molar-refractivity contribution < 1.29 is 14.3 Å². The van der Waals surface area contributed by atoms with Gasteiger partial charge in [-0.15, -0.1) is 0 Å². The Morgan fingerprint density at radius 1 is 1.25 bits per heavy atom. The number of hydrogen-bond donors (Lipinski definition) is 1. The molecule has 1 aliphatic rings. The second-order valence-corrected chi connectivity index (χ2v) is 3.72. The highest BCUT2D eigenvalue weighted by atomic mass is 16.5. The van der Waals surface area contributed by atoms with E-state index in [0.717, 1.165) is 0 Å². The summed E-state index contributed by atoms with van der Waals surface area (Å²) in [5.74, 6) is -1.68. The third-order valence-corrected chi connectivity index (χ3v) is 2.74.